The first kappa shape index (κ1) is 15.7. The maximum atomic E-state index is 11.5. The Morgan fingerprint density at radius 1 is 1.29 bits per heavy atom. The topological polar surface area (TPSA) is 78.4 Å². The van der Waals surface area contributed by atoms with Crippen molar-refractivity contribution in [2.75, 3.05) is 6.54 Å². The van der Waals surface area contributed by atoms with E-state index in [9.17, 15) is 9.59 Å². The molecule has 1 atom stereocenters. The highest BCUT2D eigenvalue weighted by Crippen LogP contribution is 2.16. The van der Waals surface area contributed by atoms with Crippen LogP contribution in [0.15, 0.2) is 0 Å². The molecule has 0 heterocycles. The number of urea groups is 1. The van der Waals surface area contributed by atoms with E-state index in [4.69, 9.17) is 5.11 Å². The first-order valence-electron chi connectivity index (χ1n) is 6.00. The van der Waals surface area contributed by atoms with E-state index in [1.165, 1.54) is 0 Å². The molecule has 5 nitrogen and oxygen atoms in total. The highest BCUT2D eigenvalue weighted by molar-refractivity contribution is 5.75. The van der Waals surface area contributed by atoms with Crippen LogP contribution in [0.25, 0.3) is 0 Å². The SMILES string of the molecule is CCC(CC(=O)O)NC(=O)NCCC(C)(C)C. The molecule has 0 bridgehead atoms. The minimum Gasteiger partial charge on any atom is -0.481 e. The molecule has 0 fully saturated rings. The number of carbonyl (C=O) groups is 2. The summed E-state index contributed by atoms with van der Waals surface area (Å²) in [5.41, 5.74) is 0.179. The van der Waals surface area contributed by atoms with E-state index in [1.54, 1.807) is 0 Å². The van der Waals surface area contributed by atoms with Gasteiger partial charge in [-0.2, -0.15) is 0 Å². The minimum atomic E-state index is -0.896. The third-order valence-electron chi connectivity index (χ3n) is 2.41. The first-order chi connectivity index (χ1) is 7.74. The number of carbonyl (C=O) groups excluding carboxylic acids is 1. The third-order valence-corrected chi connectivity index (χ3v) is 2.41. The number of aliphatic carboxylic acids is 1. The third kappa shape index (κ3) is 9.66. The Morgan fingerprint density at radius 3 is 2.29 bits per heavy atom. The van der Waals surface area contributed by atoms with Gasteiger partial charge in [-0.1, -0.05) is 27.7 Å². The Kier molecular flexibility index (Phi) is 6.61. The molecule has 5 heteroatoms. The van der Waals surface area contributed by atoms with Gasteiger partial charge in [-0.25, -0.2) is 4.79 Å². The van der Waals surface area contributed by atoms with Crippen LogP contribution < -0.4 is 10.6 Å². The predicted molar refractivity (Wildman–Crippen MR) is 66.9 cm³/mol. The van der Waals surface area contributed by atoms with Crippen LogP contribution in [0.4, 0.5) is 4.79 Å². The van der Waals surface area contributed by atoms with Crippen LogP contribution in [0.1, 0.15) is 47.0 Å². The molecular weight excluding hydrogens is 220 g/mol. The van der Waals surface area contributed by atoms with Crippen molar-refractivity contribution in [3.63, 3.8) is 0 Å². The van der Waals surface area contributed by atoms with Crippen molar-refractivity contribution in [3.8, 4) is 0 Å². The molecule has 1 unspecified atom stereocenters. The van der Waals surface area contributed by atoms with E-state index in [1.807, 2.05) is 6.92 Å². The lowest BCUT2D eigenvalue weighted by Crippen LogP contribution is -2.43. The molecule has 0 aliphatic heterocycles. The zero-order valence-corrected chi connectivity index (χ0v) is 11.2. The fourth-order valence-corrected chi connectivity index (χ4v) is 1.30. The Morgan fingerprint density at radius 2 is 1.88 bits per heavy atom. The number of nitrogens with one attached hydrogen (secondary N) is 2. The number of hydrogen-bond acceptors (Lipinski definition) is 2. The van der Waals surface area contributed by atoms with Gasteiger partial charge in [0, 0.05) is 12.6 Å². The molecule has 0 aromatic heterocycles. The lowest BCUT2D eigenvalue weighted by atomic mass is 9.92. The summed E-state index contributed by atoms with van der Waals surface area (Å²) in [6.45, 7) is 8.76. The van der Waals surface area contributed by atoms with Crippen molar-refractivity contribution >= 4 is 12.0 Å². The van der Waals surface area contributed by atoms with Crippen molar-refractivity contribution in [2.45, 2.75) is 53.0 Å². The Bertz CT molecular complexity index is 259. The Labute approximate surface area is 103 Å². The van der Waals surface area contributed by atoms with Gasteiger partial charge in [0.2, 0.25) is 0 Å². The summed E-state index contributed by atoms with van der Waals surface area (Å²) >= 11 is 0. The summed E-state index contributed by atoms with van der Waals surface area (Å²) in [7, 11) is 0. The first-order valence-corrected chi connectivity index (χ1v) is 6.00. The number of carboxylic acid groups (broad SMARTS) is 1. The molecule has 0 spiro atoms. The summed E-state index contributed by atoms with van der Waals surface area (Å²) in [4.78, 5) is 22.0. The highest BCUT2D eigenvalue weighted by atomic mass is 16.4. The van der Waals surface area contributed by atoms with Crippen molar-refractivity contribution in [1.29, 1.82) is 0 Å². The van der Waals surface area contributed by atoms with Crippen LogP contribution in [0.2, 0.25) is 0 Å². The van der Waals surface area contributed by atoms with Crippen molar-refractivity contribution in [2.24, 2.45) is 5.41 Å². The molecule has 0 saturated heterocycles. The standard InChI is InChI=1S/C12H24N2O3/c1-5-9(8-10(15)16)14-11(17)13-7-6-12(2,3)4/h9H,5-8H2,1-4H3,(H,15,16)(H2,13,14,17). The average Bonchev–Trinajstić information content (AvgIpc) is 2.13. The smallest absolute Gasteiger partial charge is 0.315 e. The van der Waals surface area contributed by atoms with Crippen LogP contribution >= 0.6 is 0 Å². The van der Waals surface area contributed by atoms with Crippen LogP contribution in [-0.4, -0.2) is 29.7 Å². The second kappa shape index (κ2) is 7.14. The summed E-state index contributed by atoms with van der Waals surface area (Å²) in [5, 5.41) is 14.0. The van der Waals surface area contributed by atoms with Crippen LogP contribution in [0, 0.1) is 5.41 Å². The van der Waals surface area contributed by atoms with Gasteiger partial charge in [0.15, 0.2) is 0 Å². The lowest BCUT2D eigenvalue weighted by Gasteiger charge is -2.19. The van der Waals surface area contributed by atoms with E-state index >= 15 is 0 Å². The zero-order valence-electron chi connectivity index (χ0n) is 11.2. The molecule has 0 rings (SSSR count). The second-order valence-corrected chi connectivity index (χ2v) is 5.41. The molecule has 0 aliphatic rings. The normalized spacial score (nSPS) is 12.9. The summed E-state index contributed by atoms with van der Waals surface area (Å²) < 4.78 is 0. The van der Waals surface area contributed by atoms with Gasteiger partial charge in [0.05, 0.1) is 6.42 Å². The number of amides is 2. The van der Waals surface area contributed by atoms with Crippen LogP contribution in [0.5, 0.6) is 0 Å². The monoisotopic (exact) mass is 244 g/mol. The van der Waals surface area contributed by atoms with Crippen molar-refractivity contribution in [1.82, 2.24) is 10.6 Å². The zero-order chi connectivity index (χ0) is 13.5. The Hall–Kier alpha value is -1.26. The molecule has 2 amide bonds. The van der Waals surface area contributed by atoms with Gasteiger partial charge in [-0.15, -0.1) is 0 Å². The second-order valence-electron chi connectivity index (χ2n) is 5.41. The average molecular weight is 244 g/mol. The molecule has 0 aromatic carbocycles. The molecule has 0 radical (unpaired) electrons. The van der Waals surface area contributed by atoms with Gasteiger partial charge in [-0.3, -0.25) is 4.79 Å². The van der Waals surface area contributed by atoms with E-state index in [-0.39, 0.29) is 23.9 Å². The number of hydrogen-bond donors (Lipinski definition) is 3. The quantitative estimate of drug-likeness (QED) is 0.668. The summed E-state index contributed by atoms with van der Waals surface area (Å²) in [5.74, 6) is -0.896. The minimum absolute atomic E-state index is 0.0385. The van der Waals surface area contributed by atoms with E-state index in [0.29, 0.717) is 13.0 Å². The molecule has 100 valence electrons. The largest absolute Gasteiger partial charge is 0.481 e. The van der Waals surface area contributed by atoms with E-state index in [2.05, 4.69) is 31.4 Å². The molecule has 3 N–H and O–H groups in total. The molecule has 0 aromatic rings. The molecule has 0 saturated carbocycles. The molecule has 17 heavy (non-hydrogen) atoms. The van der Waals surface area contributed by atoms with Gasteiger partial charge in [-0.05, 0) is 18.3 Å². The Balaban J connectivity index is 3.87. The van der Waals surface area contributed by atoms with Gasteiger partial charge in [0.25, 0.3) is 0 Å². The van der Waals surface area contributed by atoms with Gasteiger partial charge < -0.3 is 15.7 Å². The molecular formula is C12H24N2O3. The van der Waals surface area contributed by atoms with Crippen molar-refractivity contribution in [3.05, 3.63) is 0 Å². The maximum Gasteiger partial charge on any atom is 0.315 e. The summed E-state index contributed by atoms with van der Waals surface area (Å²) in [6.07, 6.45) is 1.46. The van der Waals surface area contributed by atoms with Gasteiger partial charge in [0.1, 0.15) is 0 Å². The van der Waals surface area contributed by atoms with Crippen LogP contribution in [-0.2, 0) is 4.79 Å². The molecule has 0 aliphatic carbocycles. The highest BCUT2D eigenvalue weighted by Gasteiger charge is 2.14. The fourth-order valence-electron chi connectivity index (χ4n) is 1.30. The maximum absolute atomic E-state index is 11.5. The number of rotatable bonds is 6. The predicted octanol–water partition coefficient (Wildman–Crippen LogP) is 1.98. The van der Waals surface area contributed by atoms with Gasteiger partial charge >= 0.3 is 12.0 Å². The fraction of sp³-hybridized carbons (Fsp3) is 0.833. The van der Waals surface area contributed by atoms with Crippen molar-refractivity contribution < 1.29 is 14.7 Å². The number of carboxylic acids is 1. The summed E-state index contributed by atoms with van der Waals surface area (Å²) in [6, 6.07) is -0.593. The van der Waals surface area contributed by atoms with Crippen LogP contribution in [0.3, 0.4) is 0 Å². The lowest BCUT2D eigenvalue weighted by molar-refractivity contribution is -0.137. The van der Waals surface area contributed by atoms with E-state index < -0.39 is 5.97 Å². The van der Waals surface area contributed by atoms with E-state index in [0.717, 1.165) is 6.42 Å².